The van der Waals surface area contributed by atoms with Gasteiger partial charge in [-0.1, -0.05) is 25.5 Å². The van der Waals surface area contributed by atoms with Gasteiger partial charge in [-0.15, -0.1) is 0 Å². The minimum Gasteiger partial charge on any atom is -0.325 e. The van der Waals surface area contributed by atoms with Gasteiger partial charge in [-0.2, -0.15) is 0 Å². The van der Waals surface area contributed by atoms with E-state index in [1.54, 1.807) is 24.3 Å². The summed E-state index contributed by atoms with van der Waals surface area (Å²) in [6, 6.07) is 8.07. The maximum atomic E-state index is 12.6. The number of carbonyl (C=O) groups excluding carboxylic acids is 1. The summed E-state index contributed by atoms with van der Waals surface area (Å²) in [5.41, 5.74) is 2.44. The summed E-state index contributed by atoms with van der Waals surface area (Å²) in [5.74, 6) is -0.284. The third-order valence-corrected chi connectivity index (χ3v) is 5.64. The lowest BCUT2D eigenvalue weighted by Gasteiger charge is -2.23. The molecule has 7 nitrogen and oxygen atoms in total. The number of amides is 1. The van der Waals surface area contributed by atoms with Crippen LogP contribution in [0.25, 0.3) is 0 Å². The number of H-pyrrole nitrogens is 1. The number of aromatic amines is 1. The summed E-state index contributed by atoms with van der Waals surface area (Å²) < 4.78 is 22.5. The zero-order valence-electron chi connectivity index (χ0n) is 15.1. The van der Waals surface area contributed by atoms with Crippen LogP contribution in [0.5, 0.6) is 0 Å². The van der Waals surface area contributed by atoms with Gasteiger partial charge >= 0.3 is 0 Å². The first kappa shape index (κ1) is 19.3. The Morgan fingerprint density at radius 3 is 2.81 bits per heavy atom. The molecule has 144 valence electrons. The van der Waals surface area contributed by atoms with Gasteiger partial charge in [0.15, 0.2) is 0 Å². The number of aryl methyl sites for hydroxylation is 1. The van der Waals surface area contributed by atoms with Crippen LogP contribution in [0.4, 0.5) is 5.69 Å². The van der Waals surface area contributed by atoms with Gasteiger partial charge in [-0.25, -0.2) is 13.6 Å². The lowest BCUT2D eigenvalue weighted by molar-refractivity contribution is 0.102. The van der Waals surface area contributed by atoms with Crippen LogP contribution < -0.4 is 16.0 Å². The summed E-state index contributed by atoms with van der Waals surface area (Å²) in [6.45, 7) is 2.14. The predicted molar refractivity (Wildman–Crippen MR) is 104 cm³/mol. The number of carbonyl (C=O) groups is 1. The summed E-state index contributed by atoms with van der Waals surface area (Å²) >= 11 is 0. The number of benzene rings is 1. The highest BCUT2D eigenvalue weighted by Gasteiger charge is 2.21. The highest BCUT2D eigenvalue weighted by atomic mass is 32.2. The quantitative estimate of drug-likeness (QED) is 0.723. The van der Waals surface area contributed by atoms with E-state index < -0.39 is 21.5 Å². The molecule has 1 unspecified atom stereocenters. The van der Waals surface area contributed by atoms with Gasteiger partial charge < -0.3 is 10.3 Å². The van der Waals surface area contributed by atoms with E-state index in [9.17, 15) is 18.0 Å². The van der Waals surface area contributed by atoms with E-state index in [1.165, 1.54) is 6.07 Å². The number of nitrogens with two attached hydrogens (primary N) is 1. The van der Waals surface area contributed by atoms with Crippen molar-refractivity contribution in [3.05, 3.63) is 63.1 Å². The average molecular weight is 389 g/mol. The Morgan fingerprint density at radius 2 is 2.11 bits per heavy atom. The molecular weight excluding hydrogens is 366 g/mol. The Morgan fingerprint density at radius 1 is 1.33 bits per heavy atom. The van der Waals surface area contributed by atoms with E-state index >= 15 is 0 Å². The number of pyridine rings is 1. The van der Waals surface area contributed by atoms with Crippen molar-refractivity contribution < 1.29 is 13.2 Å². The van der Waals surface area contributed by atoms with Crippen LogP contribution in [0.2, 0.25) is 0 Å². The van der Waals surface area contributed by atoms with Crippen LogP contribution in [0.3, 0.4) is 0 Å². The Bertz CT molecular complexity index is 1030. The standard InChI is InChI=1S/C19H23N3O4S/c1-2-12-6-7-17-14(8-12)10-16(19(24)22-17)18(23)21-15-5-3-4-13(9-15)11-27(20,25)26/h3-5,9-10,12H,2,6-8,11H2,1H3,(H,21,23)(H,22,24)(H2,20,25,26). The van der Waals surface area contributed by atoms with Gasteiger partial charge in [0.1, 0.15) is 5.56 Å². The number of anilines is 1. The van der Waals surface area contributed by atoms with Gasteiger partial charge in [-0.05, 0) is 54.5 Å². The van der Waals surface area contributed by atoms with Crippen molar-refractivity contribution in [3.8, 4) is 0 Å². The number of hydrogen-bond donors (Lipinski definition) is 3. The number of nitrogens with one attached hydrogen (secondary N) is 2. The number of primary sulfonamides is 1. The van der Waals surface area contributed by atoms with Crippen molar-refractivity contribution in [3.63, 3.8) is 0 Å². The van der Waals surface area contributed by atoms with Crippen molar-refractivity contribution in [1.29, 1.82) is 0 Å². The normalized spacial score (nSPS) is 16.6. The van der Waals surface area contributed by atoms with Crippen LogP contribution in [-0.2, 0) is 28.6 Å². The maximum Gasteiger partial charge on any atom is 0.261 e. The molecule has 0 saturated carbocycles. The fourth-order valence-electron chi connectivity index (χ4n) is 3.46. The Kier molecular flexibility index (Phi) is 5.48. The number of hydrogen-bond acceptors (Lipinski definition) is 4. The zero-order valence-corrected chi connectivity index (χ0v) is 15.9. The molecule has 0 fully saturated rings. The maximum absolute atomic E-state index is 12.6. The lowest BCUT2D eigenvalue weighted by Crippen LogP contribution is -2.27. The molecule has 1 aromatic heterocycles. The van der Waals surface area contributed by atoms with Crippen molar-refractivity contribution in [2.24, 2.45) is 11.1 Å². The average Bonchev–Trinajstić information content (AvgIpc) is 2.59. The molecule has 0 aliphatic heterocycles. The van der Waals surface area contributed by atoms with Crippen LogP contribution in [-0.4, -0.2) is 19.3 Å². The molecule has 0 bridgehead atoms. The molecule has 1 heterocycles. The molecule has 4 N–H and O–H groups in total. The number of sulfonamides is 1. The summed E-state index contributed by atoms with van der Waals surface area (Å²) in [6.07, 6.45) is 3.78. The van der Waals surface area contributed by atoms with Crippen molar-refractivity contribution in [2.45, 2.75) is 38.4 Å². The SMILES string of the molecule is CCC1CCc2[nH]c(=O)c(C(=O)Nc3cccc(CS(N)(=O)=O)c3)cc2C1. The molecule has 8 heteroatoms. The molecule has 1 amide bonds. The summed E-state index contributed by atoms with van der Waals surface area (Å²) in [5, 5.41) is 7.72. The predicted octanol–water partition coefficient (Wildman–Crippen LogP) is 1.93. The van der Waals surface area contributed by atoms with Crippen LogP contribution in [0.1, 0.15) is 46.9 Å². The van der Waals surface area contributed by atoms with Crippen LogP contribution in [0, 0.1) is 5.92 Å². The van der Waals surface area contributed by atoms with E-state index in [0.717, 1.165) is 36.9 Å². The van der Waals surface area contributed by atoms with Crippen LogP contribution in [0.15, 0.2) is 35.1 Å². The van der Waals surface area contributed by atoms with Gasteiger partial charge in [0.25, 0.3) is 11.5 Å². The summed E-state index contributed by atoms with van der Waals surface area (Å²) in [7, 11) is -3.67. The first-order chi connectivity index (χ1) is 12.7. The van der Waals surface area contributed by atoms with E-state index in [1.807, 2.05) is 0 Å². The highest BCUT2D eigenvalue weighted by molar-refractivity contribution is 7.88. The smallest absolute Gasteiger partial charge is 0.261 e. The van der Waals surface area contributed by atoms with Gasteiger partial charge in [-0.3, -0.25) is 9.59 Å². The van der Waals surface area contributed by atoms with Gasteiger partial charge in [0.2, 0.25) is 10.0 Å². The Balaban J connectivity index is 1.83. The van der Waals surface area contributed by atoms with Crippen molar-refractivity contribution >= 4 is 21.6 Å². The minimum atomic E-state index is -3.67. The molecule has 3 rings (SSSR count). The molecule has 1 atom stereocenters. The molecule has 0 spiro atoms. The second kappa shape index (κ2) is 7.66. The Labute approximate surface area is 158 Å². The second-order valence-electron chi connectivity index (χ2n) is 6.99. The minimum absolute atomic E-state index is 0.0577. The van der Waals surface area contributed by atoms with Gasteiger partial charge in [0.05, 0.1) is 5.75 Å². The van der Waals surface area contributed by atoms with Crippen molar-refractivity contribution in [2.75, 3.05) is 5.32 Å². The van der Waals surface area contributed by atoms with Crippen molar-refractivity contribution in [1.82, 2.24) is 4.98 Å². The van der Waals surface area contributed by atoms with E-state index in [0.29, 0.717) is 17.2 Å². The topological polar surface area (TPSA) is 122 Å². The highest BCUT2D eigenvalue weighted by Crippen LogP contribution is 2.26. The number of fused-ring (bicyclic) bond motifs is 1. The molecule has 1 aromatic carbocycles. The Hall–Kier alpha value is -2.45. The fourth-order valence-corrected chi connectivity index (χ4v) is 4.11. The second-order valence-corrected chi connectivity index (χ2v) is 8.61. The zero-order chi connectivity index (χ0) is 19.6. The summed E-state index contributed by atoms with van der Waals surface area (Å²) in [4.78, 5) is 27.7. The van der Waals surface area contributed by atoms with E-state index in [-0.39, 0.29) is 11.3 Å². The molecule has 1 aliphatic carbocycles. The van der Waals surface area contributed by atoms with E-state index in [2.05, 4.69) is 17.2 Å². The molecular formula is C19H23N3O4S. The molecule has 0 saturated heterocycles. The van der Waals surface area contributed by atoms with Crippen LogP contribution >= 0.6 is 0 Å². The third kappa shape index (κ3) is 4.84. The molecule has 2 aromatic rings. The van der Waals surface area contributed by atoms with E-state index in [4.69, 9.17) is 5.14 Å². The fraction of sp³-hybridized carbons (Fsp3) is 0.368. The lowest BCUT2D eigenvalue weighted by atomic mass is 9.84. The monoisotopic (exact) mass is 389 g/mol. The largest absolute Gasteiger partial charge is 0.325 e. The first-order valence-electron chi connectivity index (χ1n) is 8.91. The first-order valence-corrected chi connectivity index (χ1v) is 10.6. The number of rotatable bonds is 5. The third-order valence-electron chi connectivity index (χ3n) is 4.90. The number of aromatic nitrogens is 1. The van der Waals surface area contributed by atoms with Gasteiger partial charge in [0, 0.05) is 11.4 Å². The molecule has 0 radical (unpaired) electrons. The molecule has 27 heavy (non-hydrogen) atoms. The molecule has 1 aliphatic rings.